The Hall–Kier alpha value is -1.02. The molecular formula is C27H48O2. The zero-order valence-corrected chi connectivity index (χ0v) is 19.9. The molecule has 0 aromatic heterocycles. The Morgan fingerprint density at radius 3 is 1.52 bits per heavy atom. The molecule has 0 aliphatic heterocycles. The molecule has 0 aliphatic rings. The summed E-state index contributed by atoms with van der Waals surface area (Å²) in [5.41, 5.74) is 3.78. The van der Waals surface area contributed by atoms with E-state index >= 15 is 0 Å². The first-order valence-corrected chi connectivity index (χ1v) is 12.5. The molecule has 168 valence electrons. The van der Waals surface area contributed by atoms with Crippen molar-refractivity contribution < 1.29 is 10.2 Å². The molecule has 0 bridgehead atoms. The van der Waals surface area contributed by atoms with Crippen molar-refractivity contribution in [3.8, 4) is 5.75 Å². The summed E-state index contributed by atoms with van der Waals surface area (Å²) in [6, 6.07) is 1.95. The Kier molecular flexibility index (Phi) is 14.1. The second kappa shape index (κ2) is 15.8. The Balaban J connectivity index is 2.00. The van der Waals surface area contributed by atoms with Crippen molar-refractivity contribution >= 4 is 0 Å². The topological polar surface area (TPSA) is 40.5 Å². The van der Waals surface area contributed by atoms with Gasteiger partial charge in [-0.05, 0) is 55.5 Å². The van der Waals surface area contributed by atoms with Crippen molar-refractivity contribution in [2.75, 3.05) is 0 Å². The van der Waals surface area contributed by atoms with Gasteiger partial charge < -0.3 is 10.2 Å². The lowest BCUT2D eigenvalue weighted by molar-refractivity contribution is 0.162. The molecule has 0 aliphatic carbocycles. The number of hydrogen-bond donors (Lipinski definition) is 2. The van der Waals surface area contributed by atoms with Gasteiger partial charge in [0.25, 0.3) is 0 Å². The van der Waals surface area contributed by atoms with Gasteiger partial charge in [0.2, 0.25) is 0 Å². The van der Waals surface area contributed by atoms with E-state index in [1.165, 1.54) is 89.9 Å². The molecule has 0 heterocycles. The lowest BCUT2D eigenvalue weighted by Crippen LogP contribution is -2.03. The van der Waals surface area contributed by atoms with Crippen molar-refractivity contribution in [3.63, 3.8) is 0 Å². The minimum atomic E-state index is -0.407. The smallest absolute Gasteiger partial charge is 0.121 e. The first-order chi connectivity index (χ1) is 14.0. The standard InChI is InChI=1S/C27H48O2/c1-5-6-7-8-9-10-11-12-13-14-15-16-17-18-19-20-26(28)25-21-22(2)27(29)24(4)23(25)3/h21,26,28-29H,5-20H2,1-4H3. The van der Waals surface area contributed by atoms with Crippen molar-refractivity contribution in [2.24, 2.45) is 0 Å². The molecule has 2 heteroatoms. The van der Waals surface area contributed by atoms with Crippen LogP contribution < -0.4 is 0 Å². The zero-order chi connectivity index (χ0) is 21.5. The van der Waals surface area contributed by atoms with Crippen LogP contribution in [0.4, 0.5) is 0 Å². The van der Waals surface area contributed by atoms with E-state index in [1.807, 2.05) is 26.8 Å². The van der Waals surface area contributed by atoms with Crippen LogP contribution in [0, 0.1) is 20.8 Å². The van der Waals surface area contributed by atoms with Gasteiger partial charge in [0.1, 0.15) is 5.75 Å². The molecule has 0 fully saturated rings. The van der Waals surface area contributed by atoms with Crippen molar-refractivity contribution in [2.45, 2.75) is 137 Å². The van der Waals surface area contributed by atoms with E-state index in [4.69, 9.17) is 0 Å². The first-order valence-electron chi connectivity index (χ1n) is 12.5. The van der Waals surface area contributed by atoms with Crippen LogP contribution in [-0.4, -0.2) is 10.2 Å². The highest BCUT2D eigenvalue weighted by Gasteiger charge is 2.15. The Morgan fingerprint density at radius 2 is 1.07 bits per heavy atom. The van der Waals surface area contributed by atoms with Crippen LogP contribution in [0.1, 0.15) is 138 Å². The first kappa shape index (κ1) is 26.0. The van der Waals surface area contributed by atoms with Gasteiger partial charge >= 0.3 is 0 Å². The number of phenolic OH excluding ortho intramolecular Hbond substituents is 1. The van der Waals surface area contributed by atoms with E-state index in [-0.39, 0.29) is 0 Å². The van der Waals surface area contributed by atoms with Gasteiger partial charge in [-0.1, -0.05) is 103 Å². The van der Waals surface area contributed by atoms with Crippen LogP contribution in [0.25, 0.3) is 0 Å². The Morgan fingerprint density at radius 1 is 0.655 bits per heavy atom. The normalized spacial score (nSPS) is 12.4. The van der Waals surface area contributed by atoms with Crippen LogP contribution in [0.15, 0.2) is 6.07 Å². The van der Waals surface area contributed by atoms with Gasteiger partial charge in [0, 0.05) is 0 Å². The fourth-order valence-corrected chi connectivity index (χ4v) is 4.31. The van der Waals surface area contributed by atoms with Gasteiger partial charge in [-0.15, -0.1) is 0 Å². The number of hydrogen-bond acceptors (Lipinski definition) is 2. The minimum Gasteiger partial charge on any atom is -0.507 e. The van der Waals surface area contributed by atoms with Gasteiger partial charge in [-0.3, -0.25) is 0 Å². The lowest BCUT2D eigenvalue weighted by atomic mass is 9.93. The SMILES string of the molecule is CCCCCCCCCCCCCCCCCC(O)c1cc(C)c(O)c(C)c1C. The number of aliphatic hydroxyl groups excluding tert-OH is 1. The molecule has 2 nitrogen and oxygen atoms in total. The number of unbranched alkanes of at least 4 members (excludes halogenated alkanes) is 14. The Bertz CT molecular complexity index is 550. The van der Waals surface area contributed by atoms with Crippen molar-refractivity contribution in [1.82, 2.24) is 0 Å². The maximum absolute atomic E-state index is 10.6. The van der Waals surface area contributed by atoms with E-state index in [9.17, 15) is 10.2 Å². The lowest BCUT2D eigenvalue weighted by Gasteiger charge is -2.18. The molecule has 1 rings (SSSR count). The molecule has 0 saturated carbocycles. The largest absolute Gasteiger partial charge is 0.507 e. The summed E-state index contributed by atoms with van der Waals surface area (Å²) in [5.74, 6) is 0.366. The second-order valence-corrected chi connectivity index (χ2v) is 9.14. The van der Waals surface area contributed by atoms with E-state index in [0.717, 1.165) is 35.1 Å². The zero-order valence-electron chi connectivity index (χ0n) is 19.9. The molecular weight excluding hydrogens is 356 g/mol. The van der Waals surface area contributed by atoms with E-state index in [0.29, 0.717) is 5.75 Å². The summed E-state index contributed by atoms with van der Waals surface area (Å²) in [7, 11) is 0. The molecule has 1 aromatic carbocycles. The molecule has 0 spiro atoms. The molecule has 0 saturated heterocycles. The molecule has 0 radical (unpaired) electrons. The number of benzene rings is 1. The summed E-state index contributed by atoms with van der Waals surface area (Å²) in [6.07, 6.45) is 20.9. The minimum absolute atomic E-state index is 0.366. The van der Waals surface area contributed by atoms with E-state index < -0.39 is 6.10 Å². The highest BCUT2D eigenvalue weighted by molar-refractivity contribution is 5.48. The molecule has 2 N–H and O–H groups in total. The van der Waals surface area contributed by atoms with Gasteiger partial charge in [-0.25, -0.2) is 0 Å². The highest BCUT2D eigenvalue weighted by Crippen LogP contribution is 2.32. The third-order valence-electron chi connectivity index (χ3n) is 6.54. The predicted octanol–water partition coefficient (Wildman–Crippen LogP) is 8.61. The molecule has 29 heavy (non-hydrogen) atoms. The van der Waals surface area contributed by atoms with Crippen LogP contribution in [-0.2, 0) is 0 Å². The van der Waals surface area contributed by atoms with Gasteiger partial charge in [0.05, 0.1) is 6.10 Å². The maximum Gasteiger partial charge on any atom is 0.121 e. The quantitative estimate of drug-likeness (QED) is 0.255. The summed E-state index contributed by atoms with van der Waals surface area (Å²) in [5, 5.41) is 20.6. The number of phenols is 1. The van der Waals surface area contributed by atoms with Crippen LogP contribution in [0.5, 0.6) is 5.75 Å². The Labute approximate surface area is 181 Å². The van der Waals surface area contributed by atoms with Gasteiger partial charge in [-0.2, -0.15) is 0 Å². The maximum atomic E-state index is 10.6. The second-order valence-electron chi connectivity index (χ2n) is 9.14. The molecule has 1 unspecified atom stereocenters. The molecule has 1 aromatic rings. The van der Waals surface area contributed by atoms with Crippen molar-refractivity contribution in [3.05, 3.63) is 28.3 Å². The number of aliphatic hydroxyl groups is 1. The number of aryl methyl sites for hydroxylation is 1. The van der Waals surface area contributed by atoms with Gasteiger partial charge in [0.15, 0.2) is 0 Å². The monoisotopic (exact) mass is 404 g/mol. The summed E-state index contributed by atoms with van der Waals surface area (Å²) in [4.78, 5) is 0. The fourth-order valence-electron chi connectivity index (χ4n) is 4.31. The number of rotatable bonds is 17. The van der Waals surface area contributed by atoms with E-state index in [2.05, 4.69) is 6.92 Å². The van der Waals surface area contributed by atoms with Crippen molar-refractivity contribution in [1.29, 1.82) is 0 Å². The summed E-state index contributed by atoms with van der Waals surface area (Å²) >= 11 is 0. The average Bonchev–Trinajstić information content (AvgIpc) is 2.71. The third kappa shape index (κ3) is 10.5. The third-order valence-corrected chi connectivity index (χ3v) is 6.54. The number of aromatic hydroxyl groups is 1. The predicted molar refractivity (Wildman–Crippen MR) is 127 cm³/mol. The average molecular weight is 405 g/mol. The van der Waals surface area contributed by atoms with E-state index in [1.54, 1.807) is 0 Å². The van der Waals surface area contributed by atoms with Crippen LogP contribution >= 0.6 is 0 Å². The summed E-state index contributed by atoms with van der Waals surface area (Å²) in [6.45, 7) is 8.12. The summed E-state index contributed by atoms with van der Waals surface area (Å²) < 4.78 is 0. The molecule has 1 atom stereocenters. The van der Waals surface area contributed by atoms with Crippen LogP contribution in [0.3, 0.4) is 0 Å². The highest BCUT2D eigenvalue weighted by atomic mass is 16.3. The van der Waals surface area contributed by atoms with Crippen LogP contribution in [0.2, 0.25) is 0 Å². The molecule has 0 amide bonds. The fraction of sp³-hybridized carbons (Fsp3) is 0.778.